The minimum absolute atomic E-state index is 0.148. The van der Waals surface area contributed by atoms with Gasteiger partial charge in [-0.25, -0.2) is 4.98 Å². The molecule has 17 heavy (non-hydrogen) atoms. The van der Waals surface area contributed by atoms with Gasteiger partial charge in [-0.15, -0.1) is 0 Å². The summed E-state index contributed by atoms with van der Waals surface area (Å²) in [6.07, 6.45) is 5.32. The Hall–Kier alpha value is -1.20. The molecule has 0 bridgehead atoms. The topological polar surface area (TPSA) is 62.4 Å². The van der Waals surface area contributed by atoms with E-state index in [9.17, 15) is 0 Å². The van der Waals surface area contributed by atoms with E-state index in [1.54, 1.807) is 6.20 Å². The van der Waals surface area contributed by atoms with Crippen LogP contribution in [0.2, 0.25) is 0 Å². The van der Waals surface area contributed by atoms with Crippen LogP contribution in [0.1, 0.15) is 24.8 Å². The third-order valence-corrected chi connectivity index (χ3v) is 3.42. The number of hydrogen-bond donors (Lipinski definition) is 2. The Morgan fingerprint density at radius 3 is 2.71 bits per heavy atom. The third kappa shape index (κ3) is 2.73. The van der Waals surface area contributed by atoms with Crippen LogP contribution < -0.4 is 10.6 Å². The van der Waals surface area contributed by atoms with Gasteiger partial charge in [0.05, 0.1) is 6.61 Å². The van der Waals surface area contributed by atoms with Gasteiger partial charge in [0.1, 0.15) is 10.8 Å². The van der Waals surface area contributed by atoms with Crippen molar-refractivity contribution in [3.63, 3.8) is 0 Å². The average molecular weight is 251 g/mol. The average Bonchev–Trinajstić information content (AvgIpc) is 2.26. The first kappa shape index (κ1) is 12.3. The van der Waals surface area contributed by atoms with Gasteiger partial charge in [-0.05, 0) is 31.4 Å². The van der Waals surface area contributed by atoms with E-state index in [4.69, 9.17) is 23.1 Å². The number of nitrogens with zero attached hydrogens (tertiary/aromatic N) is 2. The van der Waals surface area contributed by atoms with Crippen molar-refractivity contribution in [2.24, 2.45) is 5.73 Å². The number of nitrogens with two attached hydrogens (primary N) is 1. The summed E-state index contributed by atoms with van der Waals surface area (Å²) >= 11 is 4.89. The number of hydrogen-bond acceptors (Lipinski definition) is 4. The summed E-state index contributed by atoms with van der Waals surface area (Å²) in [5.41, 5.74) is 6.31. The SMILES string of the molecule is NC(=S)c1ccc(N(CCO)C2CCC2)nc1. The molecule has 1 heterocycles. The van der Waals surface area contributed by atoms with Gasteiger partial charge in [0.2, 0.25) is 0 Å². The number of pyridine rings is 1. The summed E-state index contributed by atoms with van der Waals surface area (Å²) < 4.78 is 0. The summed E-state index contributed by atoms with van der Waals surface area (Å²) in [7, 11) is 0. The van der Waals surface area contributed by atoms with Crippen LogP contribution in [0, 0.1) is 0 Å². The number of anilines is 1. The fourth-order valence-electron chi connectivity index (χ4n) is 1.99. The predicted octanol–water partition coefficient (Wildman–Crippen LogP) is 1.07. The number of aliphatic hydroxyl groups excluding tert-OH is 1. The van der Waals surface area contributed by atoms with E-state index in [2.05, 4.69) is 9.88 Å². The summed E-state index contributed by atoms with van der Waals surface area (Å²) in [5, 5.41) is 9.10. The van der Waals surface area contributed by atoms with E-state index >= 15 is 0 Å². The minimum atomic E-state index is 0.148. The molecule has 1 aromatic rings. The standard InChI is InChI=1S/C12H17N3OS/c13-12(17)9-4-5-11(14-8-9)15(6-7-16)10-2-1-3-10/h4-5,8,10,16H,1-3,6-7H2,(H2,13,17). The maximum absolute atomic E-state index is 9.10. The summed E-state index contributed by atoms with van der Waals surface area (Å²) in [4.78, 5) is 6.89. The van der Waals surface area contributed by atoms with Crippen molar-refractivity contribution < 1.29 is 5.11 Å². The van der Waals surface area contributed by atoms with Crippen molar-refractivity contribution in [3.05, 3.63) is 23.9 Å². The second-order valence-corrected chi connectivity index (χ2v) is 4.71. The van der Waals surface area contributed by atoms with E-state index in [1.165, 1.54) is 19.3 Å². The normalized spacial score (nSPS) is 15.4. The van der Waals surface area contributed by atoms with Crippen molar-refractivity contribution in [3.8, 4) is 0 Å². The van der Waals surface area contributed by atoms with E-state index in [-0.39, 0.29) is 6.61 Å². The number of thiocarbonyl (C=S) groups is 1. The number of rotatable bonds is 5. The van der Waals surface area contributed by atoms with Crippen molar-refractivity contribution in [2.75, 3.05) is 18.1 Å². The lowest BCUT2D eigenvalue weighted by Gasteiger charge is -2.38. The molecule has 92 valence electrons. The molecular weight excluding hydrogens is 234 g/mol. The highest BCUT2D eigenvalue weighted by Gasteiger charge is 2.25. The van der Waals surface area contributed by atoms with Gasteiger partial charge in [-0.3, -0.25) is 0 Å². The molecule has 0 saturated heterocycles. The fourth-order valence-corrected chi connectivity index (χ4v) is 2.11. The molecule has 2 rings (SSSR count). The maximum Gasteiger partial charge on any atom is 0.128 e. The molecule has 1 aromatic heterocycles. The molecule has 5 heteroatoms. The Morgan fingerprint density at radius 1 is 1.53 bits per heavy atom. The van der Waals surface area contributed by atoms with Crippen LogP contribution >= 0.6 is 12.2 Å². The molecule has 3 N–H and O–H groups in total. The zero-order valence-electron chi connectivity index (χ0n) is 9.67. The molecule has 0 aromatic carbocycles. The molecule has 1 fully saturated rings. The molecule has 4 nitrogen and oxygen atoms in total. The summed E-state index contributed by atoms with van der Waals surface area (Å²) in [5.74, 6) is 0.892. The summed E-state index contributed by atoms with van der Waals surface area (Å²) in [6.45, 7) is 0.777. The van der Waals surface area contributed by atoms with E-state index < -0.39 is 0 Å². The molecule has 0 spiro atoms. The molecular formula is C12H17N3OS. The van der Waals surface area contributed by atoms with Gasteiger partial charge in [0.15, 0.2) is 0 Å². The molecule has 0 radical (unpaired) electrons. The Kier molecular flexibility index (Phi) is 3.91. The quantitative estimate of drug-likeness (QED) is 0.766. The van der Waals surface area contributed by atoms with Gasteiger partial charge in [-0.1, -0.05) is 12.2 Å². The summed E-state index contributed by atoms with van der Waals surface area (Å²) in [6, 6.07) is 4.32. The molecule has 0 amide bonds. The van der Waals surface area contributed by atoms with Gasteiger partial charge in [0, 0.05) is 24.3 Å². The fraction of sp³-hybridized carbons (Fsp3) is 0.500. The van der Waals surface area contributed by atoms with E-state index in [0.717, 1.165) is 11.4 Å². The van der Waals surface area contributed by atoms with Gasteiger partial charge >= 0.3 is 0 Å². The van der Waals surface area contributed by atoms with Crippen LogP contribution in [0.3, 0.4) is 0 Å². The van der Waals surface area contributed by atoms with E-state index in [0.29, 0.717) is 17.6 Å². The molecule has 0 aliphatic heterocycles. The van der Waals surface area contributed by atoms with Crippen LogP contribution in [0.15, 0.2) is 18.3 Å². The number of aromatic nitrogens is 1. The molecule has 1 aliphatic carbocycles. The van der Waals surface area contributed by atoms with Crippen LogP contribution in [0.5, 0.6) is 0 Å². The van der Waals surface area contributed by atoms with Crippen molar-refractivity contribution >= 4 is 23.0 Å². The first-order valence-corrected chi connectivity index (χ1v) is 6.26. The molecule has 0 unspecified atom stereocenters. The Bertz CT molecular complexity index is 389. The smallest absolute Gasteiger partial charge is 0.128 e. The Morgan fingerprint density at radius 2 is 2.29 bits per heavy atom. The van der Waals surface area contributed by atoms with Crippen LogP contribution in [0.4, 0.5) is 5.82 Å². The largest absolute Gasteiger partial charge is 0.395 e. The Balaban J connectivity index is 2.14. The van der Waals surface area contributed by atoms with Gasteiger partial charge < -0.3 is 15.7 Å². The lowest BCUT2D eigenvalue weighted by molar-refractivity contribution is 0.283. The Labute approximate surface area is 106 Å². The first-order valence-electron chi connectivity index (χ1n) is 5.85. The van der Waals surface area contributed by atoms with Crippen molar-refractivity contribution in [1.29, 1.82) is 0 Å². The highest BCUT2D eigenvalue weighted by atomic mass is 32.1. The van der Waals surface area contributed by atoms with E-state index in [1.807, 2.05) is 12.1 Å². The monoisotopic (exact) mass is 251 g/mol. The number of aliphatic hydroxyl groups is 1. The van der Waals surface area contributed by atoms with Crippen LogP contribution in [0.25, 0.3) is 0 Å². The molecule has 1 saturated carbocycles. The van der Waals surface area contributed by atoms with Gasteiger partial charge in [0.25, 0.3) is 0 Å². The molecule has 1 aliphatic rings. The highest BCUT2D eigenvalue weighted by molar-refractivity contribution is 7.80. The predicted molar refractivity (Wildman–Crippen MR) is 72.2 cm³/mol. The second kappa shape index (κ2) is 5.42. The highest BCUT2D eigenvalue weighted by Crippen LogP contribution is 2.28. The minimum Gasteiger partial charge on any atom is -0.395 e. The zero-order valence-corrected chi connectivity index (χ0v) is 10.5. The lowest BCUT2D eigenvalue weighted by atomic mass is 9.91. The maximum atomic E-state index is 9.10. The van der Waals surface area contributed by atoms with Crippen LogP contribution in [-0.2, 0) is 0 Å². The van der Waals surface area contributed by atoms with Crippen LogP contribution in [-0.4, -0.2) is 34.3 Å². The lowest BCUT2D eigenvalue weighted by Crippen LogP contribution is -2.42. The molecule has 0 atom stereocenters. The first-order chi connectivity index (χ1) is 8.22. The van der Waals surface area contributed by atoms with Crippen molar-refractivity contribution in [1.82, 2.24) is 4.98 Å². The third-order valence-electron chi connectivity index (χ3n) is 3.18. The zero-order chi connectivity index (χ0) is 12.3. The van der Waals surface area contributed by atoms with Crippen molar-refractivity contribution in [2.45, 2.75) is 25.3 Å². The van der Waals surface area contributed by atoms with Gasteiger partial charge in [-0.2, -0.15) is 0 Å². The second-order valence-electron chi connectivity index (χ2n) is 4.27.